The fraction of sp³-hybridized carbons (Fsp3) is 0.923. The highest BCUT2D eigenvalue weighted by Gasteiger charge is 2.39. The molecule has 0 saturated carbocycles. The van der Waals surface area contributed by atoms with E-state index < -0.39 is 134 Å². The van der Waals surface area contributed by atoms with E-state index in [0.29, 0.717) is 91.1 Å². The van der Waals surface area contributed by atoms with Crippen LogP contribution in [0.1, 0.15) is 111 Å². The maximum Gasteiger partial charge on any atom is 0.303 e. The van der Waals surface area contributed by atoms with Crippen LogP contribution in [0.25, 0.3) is 0 Å². The van der Waals surface area contributed by atoms with E-state index in [9.17, 15) is 69.9 Å². The number of aliphatic carboxylic acids is 1. The van der Waals surface area contributed by atoms with E-state index in [4.69, 9.17) is 75.8 Å². The first-order valence-corrected chi connectivity index (χ1v) is 35.1. The highest BCUT2D eigenvalue weighted by Crippen LogP contribution is 2.24. The molecule has 0 bridgehead atoms. The summed E-state index contributed by atoms with van der Waals surface area (Å²) < 4.78 is 89.0. The Hall–Kier alpha value is -3.65. The van der Waals surface area contributed by atoms with E-state index in [0.717, 1.165) is 0 Å². The Labute approximate surface area is 587 Å². The van der Waals surface area contributed by atoms with Gasteiger partial charge in [0.15, 0.2) is 18.9 Å². The van der Waals surface area contributed by atoms with Gasteiger partial charge in [0.25, 0.3) is 0 Å². The molecule has 0 aromatic carbocycles. The van der Waals surface area contributed by atoms with Gasteiger partial charge in [0, 0.05) is 50.9 Å². The normalized spacial score (nSPS) is 23.4. The molecule has 100 heavy (non-hydrogen) atoms. The van der Waals surface area contributed by atoms with Crippen LogP contribution >= 0.6 is 0 Å². The van der Waals surface area contributed by atoms with E-state index in [1.807, 2.05) is 13.8 Å². The second-order valence-corrected chi connectivity index (χ2v) is 25.5. The first-order valence-electron chi connectivity index (χ1n) is 35.1. The quantitative estimate of drug-likeness (QED) is 0.0265. The maximum absolute atomic E-state index is 14.3. The van der Waals surface area contributed by atoms with Gasteiger partial charge in [-0.15, -0.1) is 0 Å². The summed E-state index contributed by atoms with van der Waals surface area (Å²) in [5.41, 5.74) is -1.56. The van der Waals surface area contributed by atoms with Gasteiger partial charge in [-0.25, -0.2) is 0 Å². The molecule has 3 aliphatic heterocycles. The molecule has 13 unspecified atom stereocenters. The van der Waals surface area contributed by atoms with E-state index in [1.165, 1.54) is 0 Å². The summed E-state index contributed by atoms with van der Waals surface area (Å²) in [5.74, 6) is -2.99. The Balaban J connectivity index is 1.47. The van der Waals surface area contributed by atoms with Crippen LogP contribution in [0.15, 0.2) is 0 Å². The fourth-order valence-electron chi connectivity index (χ4n) is 10.2. The zero-order chi connectivity index (χ0) is 73.2. The van der Waals surface area contributed by atoms with Crippen molar-refractivity contribution >= 4 is 29.6 Å². The van der Waals surface area contributed by atoms with Crippen molar-refractivity contribution in [3.05, 3.63) is 0 Å². The number of carboxylic acid groups (broad SMARTS) is 1. The Morgan fingerprint density at radius 3 is 1.37 bits per heavy atom. The van der Waals surface area contributed by atoms with Crippen molar-refractivity contribution in [3.8, 4) is 0 Å². The van der Waals surface area contributed by atoms with Gasteiger partial charge in [0.1, 0.15) is 55.8 Å². The number of hydrogen-bond acceptors (Lipinski definition) is 30. The van der Waals surface area contributed by atoms with Gasteiger partial charge in [-0.3, -0.25) is 24.0 Å². The smallest absolute Gasteiger partial charge is 0.303 e. The topological polar surface area (TPSA) is 475 Å². The lowest BCUT2D eigenvalue weighted by atomic mass is 9.98. The number of carboxylic acids is 1. The van der Waals surface area contributed by atoms with E-state index in [2.05, 4.69) is 26.6 Å². The molecule has 3 saturated heterocycles. The number of hydrogen-bond donors (Lipinski definition) is 14. The maximum atomic E-state index is 14.3. The molecule has 3 aliphatic rings. The number of nitrogens with one attached hydrogen (secondary N) is 5. The monoisotopic (exact) mass is 1450 g/mol. The van der Waals surface area contributed by atoms with Crippen LogP contribution in [0.5, 0.6) is 0 Å². The van der Waals surface area contributed by atoms with Crippen molar-refractivity contribution in [2.75, 3.05) is 185 Å². The minimum Gasteiger partial charge on any atom is -0.481 e. The highest BCUT2D eigenvalue weighted by atomic mass is 16.7. The molecule has 3 heterocycles. The molecule has 13 atom stereocenters. The minimum atomic E-state index is -1.20. The third kappa shape index (κ3) is 43.0. The zero-order valence-corrected chi connectivity index (χ0v) is 59.1. The number of rotatable bonds is 62. The number of ether oxygens (including phenoxy) is 16. The van der Waals surface area contributed by atoms with Crippen molar-refractivity contribution < 1.29 is 146 Å². The van der Waals surface area contributed by atoms with Crippen LogP contribution in [-0.2, 0) is 99.8 Å². The molecule has 35 nitrogen and oxygen atoms in total. The number of carbonyl (C=O) groups excluding carboxylic acids is 4. The molecule has 0 radical (unpaired) electrons. The van der Waals surface area contributed by atoms with Crippen LogP contribution in [0.3, 0.4) is 0 Å². The molecule has 0 aromatic rings. The van der Waals surface area contributed by atoms with Crippen molar-refractivity contribution in [2.24, 2.45) is 0 Å². The van der Waals surface area contributed by atoms with Crippen LogP contribution in [-0.4, -0.2) is 351 Å². The van der Waals surface area contributed by atoms with Crippen molar-refractivity contribution in [3.63, 3.8) is 0 Å². The predicted molar refractivity (Wildman–Crippen MR) is 352 cm³/mol. The Morgan fingerprint density at radius 2 is 0.880 bits per heavy atom. The van der Waals surface area contributed by atoms with E-state index in [1.54, 1.807) is 13.8 Å². The SMILES string of the molecule is CC(C)(CCOC(C)(C)CCC(=O)O)NC(=O)C(CCCCNCCOCCOCCOCCOC1CC(O)C(O)C(CO)O1)NC(=O)C(CCCCNC(=O)COCCOCCOCCOC1CC(O)C(O)C(CO)O1)NC(=O)COCCOCCOCCOC1CCC(O)C(CO)O1. The van der Waals surface area contributed by atoms with Crippen LogP contribution < -0.4 is 26.6 Å². The summed E-state index contributed by atoms with van der Waals surface area (Å²) >= 11 is 0. The first kappa shape index (κ1) is 90.6. The molecular weight excluding hydrogens is 1330 g/mol. The van der Waals surface area contributed by atoms with Crippen molar-refractivity contribution in [1.29, 1.82) is 0 Å². The molecule has 14 N–H and O–H groups in total. The lowest BCUT2D eigenvalue weighted by molar-refractivity contribution is -0.259. The first-order chi connectivity index (χ1) is 48.1. The molecule has 0 aliphatic carbocycles. The molecule has 3 rings (SSSR count). The van der Waals surface area contributed by atoms with Gasteiger partial charge >= 0.3 is 5.97 Å². The van der Waals surface area contributed by atoms with Gasteiger partial charge in [-0.2, -0.15) is 0 Å². The Kier molecular flexibility index (Phi) is 49.7. The summed E-state index contributed by atoms with van der Waals surface area (Å²) in [6.07, 6.45) is -5.99. The molecular formula is C65H121N5O30. The van der Waals surface area contributed by atoms with Gasteiger partial charge in [-0.05, 0) is 92.0 Å². The van der Waals surface area contributed by atoms with Crippen molar-refractivity contribution in [1.82, 2.24) is 26.6 Å². The standard InChI is InChI=1S/C65H121N5O30/c1-64(2,15-19-97-65(3,4)14-13-56(79)80)70-63(84)47(10-5-7-16-66-18-20-85-21-22-86-23-26-90-34-37-95-58-39-49(75)60(81)52(42-72)99-58)69-62(83)46(68-55(78)45-93-32-30-88-24-27-89-33-36-94-57-12-11-48(74)51(41-71)98-57)9-6-8-17-67-54(77)44-92-31-29-87-25-28-91-35-38-96-59-40-50(76)61(82)53(43-73)100-59/h46-53,57-61,66,71-76,81-82H,5-45H2,1-4H3,(H,67,77)(H,68,78)(H,69,83)(H,70,84)(H,79,80). The molecule has 586 valence electrons. The number of aliphatic hydroxyl groups excluding tert-OH is 8. The average Bonchev–Trinajstić information content (AvgIpc) is 0.868. The average molecular weight is 1450 g/mol. The molecule has 0 spiro atoms. The Bertz CT molecular complexity index is 2130. The molecule has 0 aromatic heterocycles. The summed E-state index contributed by atoms with van der Waals surface area (Å²) in [5, 5.41) is 102. The lowest BCUT2D eigenvalue weighted by Crippen LogP contribution is -2.57. The fourth-order valence-corrected chi connectivity index (χ4v) is 10.2. The van der Waals surface area contributed by atoms with Gasteiger partial charge in [-0.1, -0.05) is 0 Å². The third-order valence-electron chi connectivity index (χ3n) is 16.0. The van der Waals surface area contributed by atoms with Gasteiger partial charge < -0.3 is 148 Å². The molecule has 35 heteroatoms. The van der Waals surface area contributed by atoms with Crippen LogP contribution in [0, 0.1) is 0 Å². The molecule has 4 amide bonds. The van der Waals surface area contributed by atoms with E-state index in [-0.39, 0.29) is 163 Å². The van der Waals surface area contributed by atoms with Crippen LogP contribution in [0.4, 0.5) is 0 Å². The zero-order valence-electron chi connectivity index (χ0n) is 59.1. The summed E-state index contributed by atoms with van der Waals surface area (Å²) in [6, 6.07) is -2.15. The highest BCUT2D eigenvalue weighted by molar-refractivity contribution is 5.92. The number of aliphatic hydroxyl groups is 8. The summed E-state index contributed by atoms with van der Waals surface area (Å²) in [6.45, 7) is 11.4. The third-order valence-corrected chi connectivity index (χ3v) is 16.0. The predicted octanol–water partition coefficient (Wildman–Crippen LogP) is -3.34. The number of amides is 4. The lowest BCUT2D eigenvalue weighted by Gasteiger charge is -2.35. The Morgan fingerprint density at radius 1 is 0.450 bits per heavy atom. The minimum absolute atomic E-state index is 0.0462. The largest absolute Gasteiger partial charge is 0.481 e. The number of carbonyl (C=O) groups is 5. The van der Waals surface area contributed by atoms with Gasteiger partial charge in [0.05, 0.1) is 169 Å². The summed E-state index contributed by atoms with van der Waals surface area (Å²) in [7, 11) is 0. The van der Waals surface area contributed by atoms with E-state index >= 15 is 0 Å². The van der Waals surface area contributed by atoms with Crippen molar-refractivity contribution in [2.45, 2.75) is 202 Å². The summed E-state index contributed by atoms with van der Waals surface area (Å²) in [4.78, 5) is 65.9. The second kappa shape index (κ2) is 54.9. The molecule has 3 fully saturated rings. The number of unbranched alkanes of at least 4 members (excludes halogenated alkanes) is 2. The van der Waals surface area contributed by atoms with Crippen LogP contribution in [0.2, 0.25) is 0 Å². The van der Waals surface area contributed by atoms with Gasteiger partial charge in [0.2, 0.25) is 23.6 Å². The second-order valence-electron chi connectivity index (χ2n) is 25.5.